The second-order valence-electron chi connectivity index (χ2n) is 5.97. The molecule has 1 aromatic heterocycles. The van der Waals surface area contributed by atoms with E-state index in [2.05, 4.69) is 15.6 Å². The molecule has 0 bridgehead atoms. The molecule has 0 aliphatic rings. The van der Waals surface area contributed by atoms with E-state index in [1.807, 2.05) is 0 Å². The number of primary sulfonamides is 1. The van der Waals surface area contributed by atoms with Crippen LogP contribution >= 0.6 is 0 Å². The third kappa shape index (κ3) is 4.64. The zero-order valence-corrected chi connectivity index (χ0v) is 15.0. The second kappa shape index (κ2) is 7.62. The van der Waals surface area contributed by atoms with Crippen LogP contribution in [-0.2, 0) is 21.4 Å². The number of hydrogen-bond acceptors (Lipinski definition) is 6. The minimum absolute atomic E-state index is 0.0419. The number of carbonyl (C=O) groups is 2. The van der Waals surface area contributed by atoms with Crippen LogP contribution in [-0.4, -0.2) is 40.4 Å². The predicted molar refractivity (Wildman–Crippen MR) is 90.5 cm³/mol. The largest absolute Gasteiger partial charge is 0.480 e. The van der Waals surface area contributed by atoms with Crippen LogP contribution in [0.2, 0.25) is 0 Å². The number of amides is 1. The molecule has 10 nitrogen and oxygen atoms in total. The van der Waals surface area contributed by atoms with Gasteiger partial charge in [-0.05, 0) is 30.2 Å². The number of sulfonamides is 1. The minimum atomic E-state index is -3.82. The van der Waals surface area contributed by atoms with Crippen LogP contribution in [0, 0.1) is 5.92 Å². The zero-order valence-electron chi connectivity index (χ0n) is 14.2. The molecule has 0 aliphatic heterocycles. The van der Waals surface area contributed by atoms with E-state index in [-0.39, 0.29) is 22.9 Å². The normalized spacial score (nSPS) is 12.8. The molecule has 1 amide bonds. The molecule has 4 N–H and O–H groups in total. The van der Waals surface area contributed by atoms with Crippen LogP contribution in [0.1, 0.15) is 35.9 Å². The number of aromatic nitrogens is 3. The topological polar surface area (TPSA) is 157 Å². The molecule has 26 heavy (non-hydrogen) atoms. The summed E-state index contributed by atoms with van der Waals surface area (Å²) in [6, 6.07) is 4.30. The van der Waals surface area contributed by atoms with Gasteiger partial charge in [-0.25, -0.2) is 23.0 Å². The van der Waals surface area contributed by atoms with Crippen LogP contribution < -0.4 is 10.5 Å². The number of aliphatic carboxylic acids is 1. The monoisotopic (exact) mass is 381 g/mol. The highest BCUT2D eigenvalue weighted by Crippen LogP contribution is 2.17. The third-order valence-electron chi connectivity index (χ3n) is 3.60. The Bertz CT molecular complexity index is 905. The summed E-state index contributed by atoms with van der Waals surface area (Å²) < 4.78 is 23.6. The number of hydrogen-bond donors (Lipinski definition) is 3. The molecule has 0 saturated heterocycles. The van der Waals surface area contributed by atoms with E-state index in [1.165, 1.54) is 35.1 Å². The smallest absolute Gasteiger partial charge is 0.328 e. The van der Waals surface area contributed by atoms with Crippen LogP contribution in [0.15, 0.2) is 35.4 Å². The van der Waals surface area contributed by atoms with Gasteiger partial charge in [0, 0.05) is 5.56 Å². The zero-order chi connectivity index (χ0) is 19.5. The van der Waals surface area contributed by atoms with Gasteiger partial charge >= 0.3 is 5.97 Å². The Morgan fingerprint density at radius 3 is 2.38 bits per heavy atom. The van der Waals surface area contributed by atoms with Gasteiger partial charge in [0.2, 0.25) is 10.0 Å². The lowest BCUT2D eigenvalue weighted by Gasteiger charge is -2.15. The first kappa shape index (κ1) is 19.5. The fraction of sp³-hybridized carbons (Fsp3) is 0.333. The quantitative estimate of drug-likeness (QED) is 0.615. The maximum absolute atomic E-state index is 12.1. The molecule has 1 heterocycles. The van der Waals surface area contributed by atoms with E-state index in [0.29, 0.717) is 5.69 Å². The van der Waals surface area contributed by atoms with Gasteiger partial charge in [0.05, 0.1) is 17.6 Å². The predicted octanol–water partition coefficient (Wildman–Crippen LogP) is 0.137. The number of nitrogens with two attached hydrogens (primary N) is 1. The van der Waals surface area contributed by atoms with Gasteiger partial charge in [-0.2, -0.15) is 0 Å². The Morgan fingerprint density at radius 1 is 1.27 bits per heavy atom. The van der Waals surface area contributed by atoms with Gasteiger partial charge in [0.15, 0.2) is 6.04 Å². The van der Waals surface area contributed by atoms with E-state index in [4.69, 9.17) is 5.14 Å². The third-order valence-corrected chi connectivity index (χ3v) is 4.53. The van der Waals surface area contributed by atoms with Gasteiger partial charge in [-0.1, -0.05) is 19.1 Å². The molecule has 140 valence electrons. The first-order valence-electron chi connectivity index (χ1n) is 7.64. The van der Waals surface area contributed by atoms with Gasteiger partial charge in [-0.3, -0.25) is 4.79 Å². The summed E-state index contributed by atoms with van der Waals surface area (Å²) in [5, 5.41) is 24.5. The Kier molecular flexibility index (Phi) is 5.73. The Labute approximate surface area is 150 Å². The van der Waals surface area contributed by atoms with Crippen molar-refractivity contribution < 1.29 is 23.1 Å². The van der Waals surface area contributed by atoms with Crippen LogP contribution in [0.4, 0.5) is 0 Å². The number of rotatable bonds is 7. The fourth-order valence-electron chi connectivity index (χ4n) is 2.30. The summed E-state index contributed by atoms with van der Waals surface area (Å²) in [5.41, 5.74) is 0.641. The Hall–Kier alpha value is -2.79. The highest BCUT2D eigenvalue weighted by atomic mass is 32.2. The van der Waals surface area contributed by atoms with Crippen molar-refractivity contribution in [3.63, 3.8) is 0 Å². The van der Waals surface area contributed by atoms with Gasteiger partial charge in [0.1, 0.15) is 5.69 Å². The van der Waals surface area contributed by atoms with Crippen LogP contribution in [0.25, 0.3) is 0 Å². The molecule has 11 heteroatoms. The molecule has 0 fully saturated rings. The number of nitrogens with one attached hydrogen (secondary N) is 1. The molecule has 0 unspecified atom stereocenters. The number of carbonyl (C=O) groups excluding carboxylic acids is 1. The van der Waals surface area contributed by atoms with E-state index in [9.17, 15) is 23.1 Å². The van der Waals surface area contributed by atoms with Crippen molar-refractivity contribution in [2.75, 3.05) is 0 Å². The van der Waals surface area contributed by atoms with Gasteiger partial charge in [-0.15, -0.1) is 5.10 Å². The SMILES string of the molecule is CC(C)[C@@H](C(=O)O)n1cc(CNC(=O)c2ccc(S(N)(=O)=O)cc2)nn1. The minimum Gasteiger partial charge on any atom is -0.480 e. The summed E-state index contributed by atoms with van der Waals surface area (Å²) in [7, 11) is -3.82. The summed E-state index contributed by atoms with van der Waals surface area (Å²) >= 11 is 0. The lowest BCUT2D eigenvalue weighted by atomic mass is 10.1. The molecule has 0 radical (unpaired) electrons. The van der Waals surface area contributed by atoms with Gasteiger partial charge in [0.25, 0.3) is 5.91 Å². The van der Waals surface area contributed by atoms with Gasteiger partial charge < -0.3 is 10.4 Å². The average molecular weight is 381 g/mol. The summed E-state index contributed by atoms with van der Waals surface area (Å²) in [6.45, 7) is 3.56. The number of benzene rings is 1. The highest BCUT2D eigenvalue weighted by molar-refractivity contribution is 7.89. The molecule has 0 aliphatic carbocycles. The lowest BCUT2D eigenvalue weighted by molar-refractivity contribution is -0.142. The molecule has 1 aromatic carbocycles. The van der Waals surface area contributed by atoms with E-state index in [1.54, 1.807) is 13.8 Å². The Balaban J connectivity index is 2.03. The molecular weight excluding hydrogens is 362 g/mol. The highest BCUT2D eigenvalue weighted by Gasteiger charge is 2.24. The van der Waals surface area contributed by atoms with Crippen LogP contribution in [0.3, 0.4) is 0 Å². The maximum Gasteiger partial charge on any atom is 0.328 e. The van der Waals surface area contributed by atoms with Crippen molar-refractivity contribution in [2.45, 2.75) is 31.3 Å². The fourth-order valence-corrected chi connectivity index (χ4v) is 2.82. The van der Waals surface area contributed by atoms with E-state index < -0.39 is 27.9 Å². The first-order valence-corrected chi connectivity index (χ1v) is 9.19. The number of carboxylic acids is 1. The summed E-state index contributed by atoms with van der Waals surface area (Å²) in [5.74, 6) is -1.65. The summed E-state index contributed by atoms with van der Waals surface area (Å²) in [4.78, 5) is 23.3. The van der Waals surface area contributed by atoms with E-state index in [0.717, 1.165) is 0 Å². The van der Waals surface area contributed by atoms with Crippen LogP contribution in [0.5, 0.6) is 0 Å². The van der Waals surface area contributed by atoms with Crippen molar-refractivity contribution >= 4 is 21.9 Å². The lowest BCUT2D eigenvalue weighted by Crippen LogP contribution is -2.25. The molecule has 2 rings (SSSR count). The molecule has 0 saturated carbocycles. The molecule has 0 spiro atoms. The number of nitrogens with zero attached hydrogens (tertiary/aromatic N) is 3. The molecule has 2 aromatic rings. The molecule has 1 atom stereocenters. The van der Waals surface area contributed by atoms with Crippen molar-refractivity contribution in [1.82, 2.24) is 20.3 Å². The van der Waals surface area contributed by atoms with Crippen molar-refractivity contribution in [1.29, 1.82) is 0 Å². The van der Waals surface area contributed by atoms with Crippen molar-refractivity contribution in [3.8, 4) is 0 Å². The van der Waals surface area contributed by atoms with E-state index >= 15 is 0 Å². The second-order valence-corrected chi connectivity index (χ2v) is 7.53. The number of carboxylic acid groups (broad SMARTS) is 1. The van der Waals surface area contributed by atoms with Crippen molar-refractivity contribution in [2.24, 2.45) is 11.1 Å². The maximum atomic E-state index is 12.1. The van der Waals surface area contributed by atoms with Crippen molar-refractivity contribution in [3.05, 3.63) is 41.7 Å². The summed E-state index contributed by atoms with van der Waals surface area (Å²) in [6.07, 6.45) is 1.46. The molecular formula is C15H19N5O5S. The Morgan fingerprint density at radius 2 is 1.88 bits per heavy atom. The first-order chi connectivity index (χ1) is 12.1. The average Bonchev–Trinajstić information content (AvgIpc) is 2.99. The standard InChI is InChI=1S/C15H19N5O5S/c1-9(2)13(15(22)23)20-8-11(18-19-20)7-17-14(21)10-3-5-12(6-4-10)26(16,24)25/h3-6,8-9,13H,7H2,1-2H3,(H,17,21)(H,22,23)(H2,16,24,25)/t13-/m0/s1.